The first-order valence-corrected chi connectivity index (χ1v) is 16.8. The summed E-state index contributed by atoms with van der Waals surface area (Å²) in [4.78, 5) is 80.8. The Bertz CT molecular complexity index is 1310. The number of ether oxygens (including phenoxy) is 1. The molecule has 1 saturated heterocycles. The maximum absolute atomic E-state index is 14.3. The Labute approximate surface area is 276 Å². The van der Waals surface area contributed by atoms with Crippen molar-refractivity contribution in [2.75, 3.05) is 6.54 Å². The third kappa shape index (κ3) is 9.13. The Kier molecular flexibility index (Phi) is 11.4. The van der Waals surface area contributed by atoms with Gasteiger partial charge in [0.25, 0.3) is 5.91 Å². The summed E-state index contributed by atoms with van der Waals surface area (Å²) in [5.74, 6) is -2.65. The van der Waals surface area contributed by atoms with Crippen LogP contribution in [0.15, 0.2) is 22.8 Å². The van der Waals surface area contributed by atoms with Crippen LogP contribution in [0, 0.1) is 23.2 Å². The summed E-state index contributed by atoms with van der Waals surface area (Å²) in [5, 5.41) is 8.41. The second-order valence-corrected chi connectivity index (χ2v) is 14.9. The van der Waals surface area contributed by atoms with E-state index in [0.29, 0.717) is 31.4 Å². The van der Waals surface area contributed by atoms with E-state index >= 15 is 0 Å². The van der Waals surface area contributed by atoms with Crippen molar-refractivity contribution in [1.82, 2.24) is 20.9 Å². The number of urea groups is 1. The fourth-order valence-corrected chi connectivity index (χ4v) is 6.61. The topological polar surface area (TPSA) is 190 Å². The number of furan rings is 1. The first kappa shape index (κ1) is 35.9. The maximum Gasteiger partial charge on any atom is 0.332 e. The maximum atomic E-state index is 14.3. The van der Waals surface area contributed by atoms with Gasteiger partial charge in [-0.05, 0) is 61.0 Å². The summed E-state index contributed by atoms with van der Waals surface area (Å²) < 4.78 is 10.8. The van der Waals surface area contributed by atoms with Crippen molar-refractivity contribution in [2.24, 2.45) is 28.9 Å². The molecular weight excluding hydrogens is 606 g/mol. The number of hydrogen-bond donors (Lipinski definition) is 4. The van der Waals surface area contributed by atoms with Gasteiger partial charge in [-0.1, -0.05) is 66.7 Å². The van der Waals surface area contributed by atoms with E-state index in [1.165, 1.54) is 11.2 Å². The summed E-state index contributed by atoms with van der Waals surface area (Å²) >= 11 is 0. The molecule has 1 aromatic heterocycles. The lowest BCUT2D eigenvalue weighted by molar-refractivity contribution is -0.154. The number of nitrogens with zero attached hydrogens (tertiary/aromatic N) is 1. The Morgan fingerprint density at radius 2 is 1.74 bits per heavy atom. The number of carbonyl (C=O) groups is 6. The molecule has 3 aliphatic rings. The van der Waals surface area contributed by atoms with Gasteiger partial charge in [0.2, 0.25) is 17.6 Å². The van der Waals surface area contributed by atoms with Crippen LogP contribution < -0.4 is 21.7 Å². The van der Waals surface area contributed by atoms with Crippen LogP contribution in [-0.2, 0) is 35.3 Å². The predicted molar refractivity (Wildman–Crippen MR) is 171 cm³/mol. The van der Waals surface area contributed by atoms with Crippen molar-refractivity contribution in [2.45, 2.75) is 123 Å². The lowest BCUT2D eigenvalue weighted by Crippen LogP contribution is -2.64. The number of Topliss-reactive ketones (excluding diaryl/α,β-unsaturated/α-hetero) is 1. The monoisotopic (exact) mass is 657 g/mol. The lowest BCUT2D eigenvalue weighted by Gasteiger charge is -2.38. The number of nitrogens with one attached hydrogen (secondary N) is 3. The van der Waals surface area contributed by atoms with E-state index in [4.69, 9.17) is 14.9 Å². The van der Waals surface area contributed by atoms with E-state index in [1.807, 2.05) is 34.6 Å². The van der Waals surface area contributed by atoms with E-state index in [0.717, 1.165) is 32.1 Å². The molecule has 0 bridgehead atoms. The third-order valence-corrected chi connectivity index (χ3v) is 9.77. The molecule has 260 valence electrons. The predicted octanol–water partition coefficient (Wildman–Crippen LogP) is 2.95. The van der Waals surface area contributed by atoms with Crippen LogP contribution in [0.1, 0.15) is 98.2 Å². The SMILES string of the molecule is CC(C)[C@@H]1C[C@@H](C(=O)NC(CC2CC2)C(=O)C(N)=O)N(C(=O)[C@@H](NC(=O)NC2(C(=O)OCc3ccco3)CCCCC2)C(C)(C)C)C1. The Balaban J connectivity index is 1.51. The second kappa shape index (κ2) is 14.9. The number of likely N-dealkylation sites (tertiary alicyclic amines) is 1. The number of carbonyl (C=O) groups excluding carboxylic acids is 6. The zero-order valence-corrected chi connectivity index (χ0v) is 28.3. The number of rotatable bonds is 13. The zero-order chi connectivity index (χ0) is 34.5. The standard InChI is InChI=1S/C34H51N5O8/c1-20(2)22-17-25(29(42)36-24(16-21-11-12-21)26(40)28(35)41)39(18-22)30(43)27(33(3,4)5)37-32(45)38-34(13-7-6-8-14-34)31(44)47-19-23-10-9-15-46-23/h9-10,15,20-22,24-25,27H,6-8,11-14,16-19H2,1-5H3,(H2,35,41)(H,36,42)(H2,37,38,45)/t22-,24?,25+,27-/m1/s1. The average molecular weight is 658 g/mol. The molecule has 2 heterocycles. The summed E-state index contributed by atoms with van der Waals surface area (Å²) in [6.07, 6.45) is 7.13. The number of amides is 5. The van der Waals surface area contributed by atoms with Crippen LogP contribution in [0.4, 0.5) is 4.79 Å². The molecule has 0 spiro atoms. The molecule has 1 unspecified atom stereocenters. The van der Waals surface area contributed by atoms with Crippen molar-refractivity contribution in [3.63, 3.8) is 0 Å². The van der Waals surface area contributed by atoms with Gasteiger partial charge >= 0.3 is 12.0 Å². The van der Waals surface area contributed by atoms with Gasteiger partial charge in [-0.3, -0.25) is 19.2 Å². The van der Waals surface area contributed by atoms with Crippen molar-refractivity contribution >= 4 is 35.5 Å². The lowest BCUT2D eigenvalue weighted by atomic mass is 9.81. The molecule has 13 heteroatoms. The molecule has 5 N–H and O–H groups in total. The molecule has 47 heavy (non-hydrogen) atoms. The number of primary amides is 1. The molecule has 2 aliphatic carbocycles. The van der Waals surface area contributed by atoms with Crippen LogP contribution in [0.2, 0.25) is 0 Å². The van der Waals surface area contributed by atoms with Gasteiger partial charge in [-0.2, -0.15) is 0 Å². The molecule has 4 rings (SSSR count). The molecule has 3 fully saturated rings. The molecule has 1 aromatic rings. The van der Waals surface area contributed by atoms with E-state index in [1.54, 1.807) is 12.1 Å². The minimum Gasteiger partial charge on any atom is -0.466 e. The summed E-state index contributed by atoms with van der Waals surface area (Å²) in [5.41, 5.74) is 3.25. The minimum atomic E-state index is -1.26. The molecular formula is C34H51N5O8. The Hall–Kier alpha value is -3.90. The molecule has 2 saturated carbocycles. The highest BCUT2D eigenvalue weighted by molar-refractivity contribution is 6.37. The fourth-order valence-electron chi connectivity index (χ4n) is 6.61. The zero-order valence-electron chi connectivity index (χ0n) is 28.3. The van der Waals surface area contributed by atoms with Crippen LogP contribution in [0.3, 0.4) is 0 Å². The number of ketones is 1. The van der Waals surface area contributed by atoms with Gasteiger partial charge in [-0.25, -0.2) is 9.59 Å². The molecule has 5 amide bonds. The average Bonchev–Trinajstić information content (AvgIpc) is 3.47. The molecule has 13 nitrogen and oxygen atoms in total. The smallest absolute Gasteiger partial charge is 0.332 e. The fraction of sp³-hybridized carbons (Fsp3) is 0.706. The van der Waals surface area contributed by atoms with Crippen molar-refractivity contribution in [1.29, 1.82) is 0 Å². The van der Waals surface area contributed by atoms with Crippen molar-refractivity contribution < 1.29 is 37.9 Å². The van der Waals surface area contributed by atoms with E-state index in [-0.39, 0.29) is 30.9 Å². The van der Waals surface area contributed by atoms with Gasteiger partial charge in [0.15, 0.2) is 0 Å². The van der Waals surface area contributed by atoms with Gasteiger partial charge in [0.1, 0.15) is 30.0 Å². The largest absolute Gasteiger partial charge is 0.466 e. The van der Waals surface area contributed by atoms with Gasteiger partial charge < -0.3 is 35.7 Å². The summed E-state index contributed by atoms with van der Waals surface area (Å²) in [7, 11) is 0. The molecule has 0 radical (unpaired) electrons. The first-order valence-electron chi connectivity index (χ1n) is 16.8. The normalized spacial score (nSPS) is 22.2. The molecule has 0 aromatic carbocycles. The van der Waals surface area contributed by atoms with Crippen LogP contribution >= 0.6 is 0 Å². The van der Waals surface area contributed by atoms with Crippen LogP contribution in [0.5, 0.6) is 0 Å². The third-order valence-electron chi connectivity index (χ3n) is 9.77. The summed E-state index contributed by atoms with van der Waals surface area (Å²) in [6, 6.07) is -0.318. The number of nitrogens with two attached hydrogens (primary N) is 1. The second-order valence-electron chi connectivity index (χ2n) is 14.9. The van der Waals surface area contributed by atoms with E-state index < -0.39 is 64.6 Å². The van der Waals surface area contributed by atoms with E-state index in [9.17, 15) is 28.8 Å². The van der Waals surface area contributed by atoms with Gasteiger partial charge in [0.05, 0.1) is 12.3 Å². The van der Waals surface area contributed by atoms with E-state index in [2.05, 4.69) is 16.0 Å². The first-order chi connectivity index (χ1) is 22.1. The molecule has 4 atom stereocenters. The highest BCUT2D eigenvalue weighted by Gasteiger charge is 2.48. The van der Waals surface area contributed by atoms with Crippen LogP contribution in [0.25, 0.3) is 0 Å². The number of hydrogen-bond acceptors (Lipinski definition) is 8. The minimum absolute atomic E-state index is 0.00712. The molecule has 1 aliphatic heterocycles. The van der Waals surface area contributed by atoms with Crippen molar-refractivity contribution in [3.05, 3.63) is 24.2 Å². The Morgan fingerprint density at radius 3 is 2.30 bits per heavy atom. The van der Waals surface area contributed by atoms with Crippen LogP contribution in [-0.4, -0.2) is 70.6 Å². The van der Waals surface area contributed by atoms with Gasteiger partial charge in [-0.15, -0.1) is 0 Å². The number of esters is 1. The quantitative estimate of drug-likeness (QED) is 0.184. The van der Waals surface area contributed by atoms with Crippen molar-refractivity contribution in [3.8, 4) is 0 Å². The highest BCUT2D eigenvalue weighted by atomic mass is 16.5. The van der Waals surface area contributed by atoms with Gasteiger partial charge in [0, 0.05) is 6.54 Å². The Morgan fingerprint density at radius 1 is 1.06 bits per heavy atom. The highest BCUT2D eigenvalue weighted by Crippen LogP contribution is 2.35. The summed E-state index contributed by atoms with van der Waals surface area (Å²) in [6.45, 7) is 9.68.